The monoisotopic (exact) mass is 546 g/mol. The van der Waals surface area contributed by atoms with Gasteiger partial charge in [-0.1, -0.05) is 19.4 Å². The van der Waals surface area contributed by atoms with Gasteiger partial charge in [0.25, 0.3) is 5.91 Å². The molecule has 3 aromatic rings. The minimum absolute atomic E-state index is 0.252. The van der Waals surface area contributed by atoms with E-state index in [2.05, 4.69) is 10.3 Å². The van der Waals surface area contributed by atoms with Crippen LogP contribution in [0.15, 0.2) is 42.0 Å². The molecule has 0 bridgehead atoms. The number of sulfonamides is 1. The van der Waals surface area contributed by atoms with E-state index in [4.69, 9.17) is 0 Å². The zero-order chi connectivity index (χ0) is 25.4. The third-order valence-corrected chi connectivity index (χ3v) is 10.5. The quantitative estimate of drug-likeness (QED) is 0.464. The molecule has 9 nitrogen and oxygen atoms in total. The molecule has 36 heavy (non-hydrogen) atoms. The second-order valence-electron chi connectivity index (χ2n) is 9.04. The SMILES string of the molecule is CCCC(NC(=O)c1cc2sccc2s1)C(=O)N1CCC2C1C(=O)CN2S(=O)(=O)Cc1cccnc1. The number of thiophene rings is 2. The van der Waals surface area contributed by atoms with Crippen molar-refractivity contribution in [2.24, 2.45) is 0 Å². The van der Waals surface area contributed by atoms with Crippen molar-refractivity contribution in [2.75, 3.05) is 13.1 Å². The second-order valence-corrected chi connectivity index (χ2v) is 13.0. The summed E-state index contributed by atoms with van der Waals surface area (Å²) in [4.78, 5) is 45.4. The van der Waals surface area contributed by atoms with Gasteiger partial charge in [0, 0.05) is 28.3 Å². The fourth-order valence-corrected chi connectivity index (χ4v) is 8.74. The average molecular weight is 547 g/mol. The lowest BCUT2D eigenvalue weighted by Crippen LogP contribution is -2.52. The van der Waals surface area contributed by atoms with Crippen molar-refractivity contribution < 1.29 is 22.8 Å². The maximum atomic E-state index is 13.5. The first-order chi connectivity index (χ1) is 17.3. The summed E-state index contributed by atoms with van der Waals surface area (Å²) in [6.45, 7) is 1.94. The fraction of sp³-hybridized carbons (Fsp3) is 0.417. The number of aromatic nitrogens is 1. The van der Waals surface area contributed by atoms with Gasteiger partial charge < -0.3 is 10.2 Å². The van der Waals surface area contributed by atoms with E-state index in [1.807, 2.05) is 24.4 Å². The third-order valence-electron chi connectivity index (χ3n) is 6.63. The number of fused-ring (bicyclic) bond motifs is 2. The number of nitrogens with zero attached hydrogens (tertiary/aromatic N) is 3. The summed E-state index contributed by atoms with van der Waals surface area (Å²) in [7, 11) is -3.77. The number of amides is 2. The molecule has 3 atom stereocenters. The lowest BCUT2D eigenvalue weighted by atomic mass is 10.1. The van der Waals surface area contributed by atoms with Gasteiger partial charge in [-0.3, -0.25) is 19.4 Å². The molecule has 0 spiro atoms. The van der Waals surface area contributed by atoms with E-state index < -0.39 is 28.1 Å². The normalized spacial score (nSPS) is 21.1. The Morgan fingerprint density at radius 3 is 2.83 bits per heavy atom. The summed E-state index contributed by atoms with van der Waals surface area (Å²) in [5, 5.41) is 4.83. The molecule has 1 N–H and O–H groups in total. The van der Waals surface area contributed by atoms with Crippen LogP contribution in [-0.4, -0.2) is 71.4 Å². The van der Waals surface area contributed by atoms with Gasteiger partial charge in [0.05, 0.1) is 23.2 Å². The highest BCUT2D eigenvalue weighted by Crippen LogP contribution is 2.34. The molecule has 2 fully saturated rings. The van der Waals surface area contributed by atoms with Crippen LogP contribution >= 0.6 is 22.7 Å². The van der Waals surface area contributed by atoms with E-state index in [1.165, 1.54) is 26.7 Å². The largest absolute Gasteiger partial charge is 0.340 e. The van der Waals surface area contributed by atoms with Crippen molar-refractivity contribution in [1.82, 2.24) is 19.5 Å². The zero-order valence-electron chi connectivity index (χ0n) is 19.6. The number of Topliss-reactive ketones (excluding diaryl/α,β-unsaturated/α-hetero) is 1. The van der Waals surface area contributed by atoms with Gasteiger partial charge in [0.1, 0.15) is 12.1 Å². The fourth-order valence-electron chi connectivity index (χ4n) is 5.01. The van der Waals surface area contributed by atoms with E-state index in [0.717, 1.165) is 9.40 Å². The van der Waals surface area contributed by atoms with Crippen LogP contribution in [0.1, 0.15) is 41.4 Å². The molecule has 0 saturated carbocycles. The number of hydrogen-bond acceptors (Lipinski definition) is 8. The van der Waals surface area contributed by atoms with Crippen LogP contribution in [0.25, 0.3) is 9.40 Å². The van der Waals surface area contributed by atoms with E-state index in [-0.39, 0.29) is 36.4 Å². The summed E-state index contributed by atoms with van der Waals surface area (Å²) < 4.78 is 29.6. The van der Waals surface area contributed by atoms with Crippen LogP contribution in [0.2, 0.25) is 0 Å². The molecule has 2 aliphatic heterocycles. The highest BCUT2D eigenvalue weighted by Gasteiger charge is 2.54. The molecular weight excluding hydrogens is 520 g/mol. The van der Waals surface area contributed by atoms with Crippen molar-refractivity contribution in [2.45, 2.75) is 50.1 Å². The van der Waals surface area contributed by atoms with E-state index in [9.17, 15) is 22.8 Å². The molecule has 5 heterocycles. The molecule has 2 amide bonds. The Labute approximate surface area is 217 Å². The number of rotatable bonds is 8. The lowest BCUT2D eigenvalue weighted by molar-refractivity contribution is -0.138. The van der Waals surface area contributed by atoms with Crippen LogP contribution < -0.4 is 5.32 Å². The van der Waals surface area contributed by atoms with E-state index >= 15 is 0 Å². The van der Waals surface area contributed by atoms with Gasteiger partial charge in [-0.25, -0.2) is 8.42 Å². The molecule has 2 aliphatic rings. The van der Waals surface area contributed by atoms with Gasteiger partial charge >= 0.3 is 0 Å². The first kappa shape index (κ1) is 25.0. The van der Waals surface area contributed by atoms with Crippen molar-refractivity contribution in [1.29, 1.82) is 0 Å². The summed E-state index contributed by atoms with van der Waals surface area (Å²) in [6, 6.07) is 4.93. The number of likely N-dealkylation sites (tertiary alicyclic amines) is 1. The Morgan fingerprint density at radius 1 is 1.28 bits per heavy atom. The smallest absolute Gasteiger partial charge is 0.262 e. The lowest BCUT2D eigenvalue weighted by Gasteiger charge is -2.28. The van der Waals surface area contributed by atoms with E-state index in [0.29, 0.717) is 29.7 Å². The molecule has 0 aromatic carbocycles. The molecule has 3 unspecified atom stereocenters. The van der Waals surface area contributed by atoms with Crippen molar-refractivity contribution in [3.63, 3.8) is 0 Å². The van der Waals surface area contributed by atoms with Crippen LogP contribution in [-0.2, 0) is 25.4 Å². The Balaban J connectivity index is 1.31. The molecule has 2 saturated heterocycles. The van der Waals surface area contributed by atoms with Crippen LogP contribution in [0.5, 0.6) is 0 Å². The molecule has 5 rings (SSSR count). The minimum atomic E-state index is -3.77. The van der Waals surface area contributed by atoms with Crippen LogP contribution in [0, 0.1) is 0 Å². The predicted molar refractivity (Wildman–Crippen MR) is 138 cm³/mol. The van der Waals surface area contributed by atoms with Crippen molar-refractivity contribution in [3.8, 4) is 0 Å². The molecule has 0 aliphatic carbocycles. The number of carbonyl (C=O) groups is 3. The number of carbonyl (C=O) groups excluding carboxylic acids is 3. The van der Waals surface area contributed by atoms with Gasteiger partial charge in [-0.05, 0) is 42.0 Å². The Morgan fingerprint density at radius 2 is 2.11 bits per heavy atom. The standard InChI is InChI=1S/C24H26N4O5S3/c1-2-4-16(26-23(30)21-11-20-19(35-21)7-10-34-20)24(31)27-9-6-17-22(27)18(29)13-28(17)36(32,33)14-15-5-3-8-25-12-15/h3,5,7-8,10-12,16-17,22H,2,4,6,9,13-14H2,1H3,(H,26,30). The number of pyridine rings is 1. The van der Waals surface area contributed by atoms with Crippen LogP contribution in [0.3, 0.4) is 0 Å². The molecule has 190 valence electrons. The van der Waals surface area contributed by atoms with Gasteiger partial charge in [0.2, 0.25) is 15.9 Å². The number of ketones is 1. The molecule has 12 heteroatoms. The van der Waals surface area contributed by atoms with Gasteiger partial charge in [-0.15, -0.1) is 22.7 Å². The number of hydrogen-bond donors (Lipinski definition) is 1. The molecule has 0 radical (unpaired) electrons. The predicted octanol–water partition coefficient (Wildman–Crippen LogP) is 2.64. The molecule has 3 aromatic heterocycles. The van der Waals surface area contributed by atoms with Crippen molar-refractivity contribution in [3.05, 3.63) is 52.5 Å². The summed E-state index contributed by atoms with van der Waals surface area (Å²) >= 11 is 2.93. The number of nitrogens with one attached hydrogen (secondary N) is 1. The second kappa shape index (κ2) is 10.0. The third kappa shape index (κ3) is 4.70. The van der Waals surface area contributed by atoms with E-state index in [1.54, 1.807) is 29.7 Å². The maximum absolute atomic E-state index is 13.5. The molecular formula is C24H26N4O5S3. The first-order valence-corrected chi connectivity index (χ1v) is 15.1. The Bertz CT molecular complexity index is 1370. The maximum Gasteiger partial charge on any atom is 0.262 e. The van der Waals surface area contributed by atoms with Crippen LogP contribution in [0.4, 0.5) is 0 Å². The first-order valence-electron chi connectivity index (χ1n) is 11.8. The van der Waals surface area contributed by atoms with Gasteiger partial charge in [-0.2, -0.15) is 4.31 Å². The highest BCUT2D eigenvalue weighted by molar-refractivity contribution is 7.88. The summed E-state index contributed by atoms with van der Waals surface area (Å²) in [5.41, 5.74) is 0.540. The minimum Gasteiger partial charge on any atom is -0.340 e. The summed E-state index contributed by atoms with van der Waals surface area (Å²) in [5.74, 6) is -1.20. The van der Waals surface area contributed by atoms with Gasteiger partial charge in [0.15, 0.2) is 5.78 Å². The Kier molecular flexibility index (Phi) is 6.95. The van der Waals surface area contributed by atoms with Crippen molar-refractivity contribution >= 4 is 59.7 Å². The zero-order valence-corrected chi connectivity index (χ0v) is 22.1. The highest BCUT2D eigenvalue weighted by atomic mass is 32.2. The average Bonchev–Trinajstić information content (AvgIpc) is 3.61. The summed E-state index contributed by atoms with van der Waals surface area (Å²) in [6.07, 6.45) is 4.53. The Hall–Kier alpha value is -2.67. The topological polar surface area (TPSA) is 117 Å².